The van der Waals surface area contributed by atoms with Crippen molar-refractivity contribution >= 4 is 41.6 Å². The number of carbonyl (C=O) groups is 7. The molecule has 2 saturated carbocycles. The van der Waals surface area contributed by atoms with Crippen molar-refractivity contribution in [1.29, 1.82) is 0 Å². The van der Waals surface area contributed by atoms with E-state index >= 15 is 0 Å². The van der Waals surface area contributed by atoms with E-state index in [9.17, 15) is 43.8 Å². The van der Waals surface area contributed by atoms with Gasteiger partial charge < -0.3 is 46.7 Å². The smallest absolute Gasteiger partial charge is 0.417 e. The van der Waals surface area contributed by atoms with E-state index in [0.717, 1.165) is 32.1 Å². The van der Waals surface area contributed by atoms with Gasteiger partial charge in [0.15, 0.2) is 0 Å². The molecule has 17 heteroatoms. The van der Waals surface area contributed by atoms with E-state index in [4.69, 9.17) is 15.2 Å². The highest BCUT2D eigenvalue weighted by Gasteiger charge is 2.44. The maximum absolute atomic E-state index is 14.1. The Morgan fingerprint density at radius 3 is 1.89 bits per heavy atom. The van der Waals surface area contributed by atoms with Crippen LogP contribution in [0.2, 0.25) is 0 Å². The minimum atomic E-state index is -1.47. The minimum Gasteiger partial charge on any atom is -0.467 e. The summed E-state index contributed by atoms with van der Waals surface area (Å²) in [4.78, 5) is 94.1. The number of rotatable bonds is 18. The summed E-state index contributed by atoms with van der Waals surface area (Å²) in [6, 6.07) is -6.89. The standard InChI is InChI=1S/C40H70N6O11/c1-21(2)30(36(52)45-31(22(3)4)38(54)56-10)44-34(50)27-18-14-17-26(27)32(48)29(19-25-15-12-11-13-16-25)43-33(49)24(6)46(39(55)57-40(7,8)9)37(53)23(5)42-35(51)28(41)20-47/h21-32,47-48H,11-20,41H2,1-10H3,(H,42,51)(H,43,49)(H,44,50)(H,45,52)/t23-,24-,26?,27?,28-,29-,30-,31-,32?/m0/s1. The average molecular weight is 811 g/mol. The number of aliphatic hydroxyl groups is 2. The van der Waals surface area contributed by atoms with Crippen LogP contribution in [-0.4, -0.2) is 118 Å². The van der Waals surface area contributed by atoms with Gasteiger partial charge in [-0.2, -0.15) is 0 Å². The van der Waals surface area contributed by atoms with Crippen molar-refractivity contribution in [3.8, 4) is 0 Å². The quantitative estimate of drug-likeness (QED) is 0.0976. The molecule has 9 atom stereocenters. The van der Waals surface area contributed by atoms with Gasteiger partial charge in [-0.1, -0.05) is 66.2 Å². The van der Waals surface area contributed by atoms with E-state index in [-0.39, 0.29) is 17.8 Å². The molecule has 326 valence electrons. The Kier molecular flexibility index (Phi) is 19.3. The molecule has 2 rings (SSSR count). The number of ether oxygens (including phenoxy) is 2. The summed E-state index contributed by atoms with van der Waals surface area (Å²) in [6.45, 7) is 13.8. The maximum Gasteiger partial charge on any atom is 0.417 e. The predicted octanol–water partition coefficient (Wildman–Crippen LogP) is 1.65. The van der Waals surface area contributed by atoms with Crippen molar-refractivity contribution < 1.29 is 53.2 Å². The van der Waals surface area contributed by atoms with Gasteiger partial charge in [0.25, 0.3) is 5.91 Å². The lowest BCUT2D eigenvalue weighted by Gasteiger charge is -2.37. The first kappa shape index (κ1) is 49.3. The Balaban J connectivity index is 2.40. The summed E-state index contributed by atoms with van der Waals surface area (Å²) in [7, 11) is 1.23. The minimum absolute atomic E-state index is 0.162. The van der Waals surface area contributed by atoms with Gasteiger partial charge in [-0.05, 0) is 77.6 Å². The topological polar surface area (TPSA) is 256 Å². The lowest BCUT2D eigenvalue weighted by Crippen LogP contribution is -2.60. The lowest BCUT2D eigenvalue weighted by molar-refractivity contribution is -0.147. The van der Waals surface area contributed by atoms with Crippen molar-refractivity contribution in [3.05, 3.63) is 0 Å². The number of carbonyl (C=O) groups excluding carboxylic acids is 7. The molecule has 0 radical (unpaired) electrons. The first-order valence-corrected chi connectivity index (χ1v) is 20.4. The number of aliphatic hydroxyl groups excluding tert-OH is 2. The zero-order chi connectivity index (χ0) is 43.4. The first-order valence-electron chi connectivity index (χ1n) is 20.4. The van der Waals surface area contributed by atoms with Gasteiger partial charge in [-0.3, -0.25) is 24.0 Å². The summed E-state index contributed by atoms with van der Waals surface area (Å²) >= 11 is 0. The molecule has 2 aliphatic rings. The van der Waals surface area contributed by atoms with Gasteiger partial charge in [0.05, 0.1) is 25.9 Å². The zero-order valence-electron chi connectivity index (χ0n) is 35.6. The number of nitrogens with two attached hydrogens (primary N) is 1. The molecule has 6 amide bonds. The molecule has 0 aromatic carbocycles. The normalized spacial score (nSPS) is 21.2. The number of hydrogen-bond donors (Lipinski definition) is 7. The highest BCUT2D eigenvalue weighted by atomic mass is 16.6. The van der Waals surface area contributed by atoms with Crippen LogP contribution in [0.15, 0.2) is 0 Å². The summed E-state index contributed by atoms with van der Waals surface area (Å²) in [5, 5.41) is 32.2. The molecule has 0 aromatic rings. The highest BCUT2D eigenvalue weighted by Crippen LogP contribution is 2.38. The summed E-state index contributed by atoms with van der Waals surface area (Å²) in [5.41, 5.74) is 4.55. The number of nitrogens with one attached hydrogen (secondary N) is 4. The molecular formula is C40H70N6O11. The van der Waals surface area contributed by atoms with Crippen LogP contribution in [0.5, 0.6) is 0 Å². The van der Waals surface area contributed by atoms with Gasteiger partial charge in [0, 0.05) is 5.92 Å². The largest absolute Gasteiger partial charge is 0.467 e. The fourth-order valence-electron chi connectivity index (χ4n) is 7.59. The SMILES string of the molecule is COC(=O)[C@@H](NC(=O)[C@@H](NC(=O)C1CCCC1C(O)[C@H](CC1CCCCC1)NC(=O)[C@H](C)N(C(=O)OC(C)(C)C)C(=O)[C@H](C)NC(=O)[C@@H](N)CO)C(C)C)C(C)C. The molecule has 2 fully saturated rings. The number of amides is 6. The van der Waals surface area contributed by atoms with E-state index < -0.39 is 108 Å². The van der Waals surface area contributed by atoms with E-state index in [0.29, 0.717) is 30.6 Å². The Labute approximate surface area is 337 Å². The van der Waals surface area contributed by atoms with E-state index in [1.807, 2.05) is 0 Å². The van der Waals surface area contributed by atoms with Crippen molar-refractivity contribution in [1.82, 2.24) is 26.2 Å². The zero-order valence-corrected chi connectivity index (χ0v) is 35.6. The third-order valence-corrected chi connectivity index (χ3v) is 10.9. The Morgan fingerprint density at radius 1 is 0.772 bits per heavy atom. The molecule has 57 heavy (non-hydrogen) atoms. The van der Waals surface area contributed by atoms with Crippen LogP contribution in [0.4, 0.5) is 4.79 Å². The third kappa shape index (κ3) is 14.5. The third-order valence-electron chi connectivity index (χ3n) is 10.9. The van der Waals surface area contributed by atoms with Crippen LogP contribution in [0.1, 0.15) is 120 Å². The number of esters is 1. The van der Waals surface area contributed by atoms with Gasteiger partial charge >= 0.3 is 12.1 Å². The molecule has 2 aliphatic carbocycles. The van der Waals surface area contributed by atoms with Gasteiger partial charge in [0.1, 0.15) is 35.8 Å². The average Bonchev–Trinajstić information content (AvgIpc) is 3.64. The van der Waals surface area contributed by atoms with E-state index in [1.165, 1.54) is 21.0 Å². The van der Waals surface area contributed by atoms with Gasteiger partial charge in [-0.15, -0.1) is 0 Å². The fraction of sp³-hybridized carbons (Fsp3) is 0.825. The van der Waals surface area contributed by atoms with Crippen molar-refractivity contribution in [2.45, 2.75) is 168 Å². The van der Waals surface area contributed by atoms with Crippen molar-refractivity contribution in [2.24, 2.45) is 35.3 Å². The van der Waals surface area contributed by atoms with Crippen LogP contribution in [0.25, 0.3) is 0 Å². The van der Waals surface area contributed by atoms with Gasteiger partial charge in [0.2, 0.25) is 23.6 Å². The van der Waals surface area contributed by atoms with Crippen LogP contribution < -0.4 is 27.0 Å². The Hall–Kier alpha value is -3.83. The number of imide groups is 1. The molecule has 0 spiro atoms. The molecule has 0 saturated heterocycles. The molecular weight excluding hydrogens is 740 g/mol. The van der Waals surface area contributed by atoms with Gasteiger partial charge in [-0.25, -0.2) is 14.5 Å². The summed E-state index contributed by atoms with van der Waals surface area (Å²) in [5.74, 6) is -5.89. The van der Waals surface area contributed by atoms with Crippen molar-refractivity contribution in [2.75, 3.05) is 13.7 Å². The van der Waals surface area contributed by atoms with E-state index in [1.54, 1.807) is 48.5 Å². The Bertz CT molecular complexity index is 1400. The second-order valence-electron chi connectivity index (χ2n) is 17.4. The molecule has 0 aromatic heterocycles. The molecule has 0 aliphatic heterocycles. The molecule has 8 N–H and O–H groups in total. The van der Waals surface area contributed by atoms with Crippen molar-refractivity contribution in [3.63, 3.8) is 0 Å². The second kappa shape index (κ2) is 22.4. The molecule has 17 nitrogen and oxygen atoms in total. The number of nitrogens with zero attached hydrogens (tertiary/aromatic N) is 1. The first-order chi connectivity index (χ1) is 26.5. The summed E-state index contributed by atoms with van der Waals surface area (Å²) in [6.07, 6.45) is 4.38. The monoisotopic (exact) mass is 811 g/mol. The van der Waals surface area contributed by atoms with Crippen LogP contribution in [-0.2, 0) is 38.2 Å². The maximum atomic E-state index is 14.1. The highest BCUT2D eigenvalue weighted by molar-refractivity contribution is 6.01. The summed E-state index contributed by atoms with van der Waals surface area (Å²) < 4.78 is 10.4. The van der Waals surface area contributed by atoms with Crippen LogP contribution in [0.3, 0.4) is 0 Å². The molecule has 3 unspecified atom stereocenters. The fourth-order valence-corrected chi connectivity index (χ4v) is 7.59. The number of hydrogen-bond acceptors (Lipinski definition) is 12. The van der Waals surface area contributed by atoms with Crippen LogP contribution in [0, 0.1) is 29.6 Å². The molecule has 0 bridgehead atoms. The van der Waals surface area contributed by atoms with E-state index in [2.05, 4.69) is 21.3 Å². The molecule has 0 heterocycles. The number of methoxy groups -OCH3 is 1. The second-order valence-corrected chi connectivity index (χ2v) is 17.4. The van der Waals surface area contributed by atoms with Crippen LogP contribution >= 0.6 is 0 Å². The Morgan fingerprint density at radius 2 is 1.37 bits per heavy atom. The lowest BCUT2D eigenvalue weighted by atomic mass is 9.79. The predicted molar refractivity (Wildman–Crippen MR) is 211 cm³/mol.